The molecular formula is C18H24N2O3. The van der Waals surface area contributed by atoms with Crippen LogP contribution in [0.25, 0.3) is 0 Å². The maximum atomic E-state index is 13.1. The van der Waals surface area contributed by atoms with Crippen molar-refractivity contribution < 1.29 is 13.6 Å². The smallest absolute Gasteiger partial charge is 0.290 e. The van der Waals surface area contributed by atoms with E-state index in [9.17, 15) is 4.79 Å². The Morgan fingerprint density at radius 3 is 2.65 bits per heavy atom. The Balaban J connectivity index is 1.84. The highest BCUT2D eigenvalue weighted by Gasteiger charge is 2.30. The first-order chi connectivity index (χ1) is 11.0. The second kappa shape index (κ2) is 6.62. The summed E-state index contributed by atoms with van der Waals surface area (Å²) in [5.41, 5.74) is 0.893. The van der Waals surface area contributed by atoms with Gasteiger partial charge in [0, 0.05) is 11.6 Å². The van der Waals surface area contributed by atoms with Gasteiger partial charge in [0.2, 0.25) is 0 Å². The number of rotatable bonds is 4. The molecule has 5 heteroatoms. The maximum absolute atomic E-state index is 13.1. The van der Waals surface area contributed by atoms with E-state index in [-0.39, 0.29) is 11.9 Å². The summed E-state index contributed by atoms with van der Waals surface area (Å²) in [6.45, 7) is 6.28. The number of carbonyl (C=O) groups is 1. The van der Waals surface area contributed by atoms with Crippen LogP contribution in [-0.4, -0.2) is 41.9 Å². The minimum Gasteiger partial charge on any atom is -0.467 e. The van der Waals surface area contributed by atoms with Crippen molar-refractivity contribution in [1.29, 1.82) is 0 Å². The molecule has 1 aliphatic rings. The lowest BCUT2D eigenvalue weighted by atomic mass is 10.0. The summed E-state index contributed by atoms with van der Waals surface area (Å²) in [4.78, 5) is 17.3. The molecule has 0 radical (unpaired) electrons. The van der Waals surface area contributed by atoms with E-state index in [1.54, 1.807) is 6.26 Å². The van der Waals surface area contributed by atoms with Gasteiger partial charge >= 0.3 is 0 Å². The van der Waals surface area contributed by atoms with Crippen LogP contribution in [-0.2, 0) is 6.54 Å². The largest absolute Gasteiger partial charge is 0.467 e. The number of piperidine rings is 1. The third-order valence-electron chi connectivity index (χ3n) is 4.53. The minimum absolute atomic E-state index is 0.0402. The normalized spacial score (nSPS) is 16.7. The number of carbonyl (C=O) groups excluding carboxylic acids is 1. The van der Waals surface area contributed by atoms with Gasteiger partial charge in [-0.1, -0.05) is 0 Å². The molecule has 0 aliphatic carbocycles. The van der Waals surface area contributed by atoms with Crippen molar-refractivity contribution in [1.82, 2.24) is 9.80 Å². The number of nitrogens with zero attached hydrogens (tertiary/aromatic N) is 2. The Labute approximate surface area is 136 Å². The monoisotopic (exact) mass is 316 g/mol. The van der Waals surface area contributed by atoms with Crippen LogP contribution in [0.2, 0.25) is 0 Å². The minimum atomic E-state index is -0.0402. The topological polar surface area (TPSA) is 49.8 Å². The van der Waals surface area contributed by atoms with E-state index in [0.717, 1.165) is 43.0 Å². The number of aryl methyl sites for hydroxylation is 2. The average Bonchev–Trinajstić information content (AvgIpc) is 3.14. The van der Waals surface area contributed by atoms with Crippen LogP contribution in [0, 0.1) is 13.8 Å². The predicted molar refractivity (Wildman–Crippen MR) is 87.3 cm³/mol. The number of likely N-dealkylation sites (tertiary alicyclic amines) is 1. The van der Waals surface area contributed by atoms with Gasteiger partial charge in [0.05, 0.1) is 12.8 Å². The first-order valence-corrected chi connectivity index (χ1v) is 8.13. The van der Waals surface area contributed by atoms with Crippen molar-refractivity contribution in [3.05, 3.63) is 47.3 Å². The molecule has 3 heterocycles. The van der Waals surface area contributed by atoms with Crippen LogP contribution < -0.4 is 0 Å². The van der Waals surface area contributed by atoms with Crippen molar-refractivity contribution >= 4 is 5.91 Å². The number of hydrogen-bond acceptors (Lipinski definition) is 4. The fraction of sp³-hybridized carbons (Fsp3) is 0.500. The van der Waals surface area contributed by atoms with Crippen molar-refractivity contribution in [2.45, 2.75) is 39.3 Å². The second-order valence-corrected chi connectivity index (χ2v) is 6.42. The van der Waals surface area contributed by atoms with Crippen molar-refractivity contribution in [3.63, 3.8) is 0 Å². The van der Waals surface area contributed by atoms with Crippen LogP contribution in [0.5, 0.6) is 0 Å². The standard InChI is InChI=1S/C18H24N2O3/c1-13-11-14(2)23-17(13)18(21)20(12-16-5-4-10-22-16)15-6-8-19(3)9-7-15/h4-5,10-11,15H,6-9,12H2,1-3H3. The van der Waals surface area contributed by atoms with E-state index in [1.807, 2.05) is 36.9 Å². The van der Waals surface area contributed by atoms with Crippen LogP contribution >= 0.6 is 0 Å². The zero-order chi connectivity index (χ0) is 16.4. The number of hydrogen-bond donors (Lipinski definition) is 0. The van der Waals surface area contributed by atoms with E-state index in [0.29, 0.717) is 12.3 Å². The maximum Gasteiger partial charge on any atom is 0.290 e. The zero-order valence-electron chi connectivity index (χ0n) is 14.0. The first-order valence-electron chi connectivity index (χ1n) is 8.13. The van der Waals surface area contributed by atoms with E-state index < -0.39 is 0 Å². The van der Waals surface area contributed by atoms with E-state index >= 15 is 0 Å². The van der Waals surface area contributed by atoms with E-state index in [1.165, 1.54) is 0 Å². The van der Waals surface area contributed by atoms with Crippen molar-refractivity contribution in [2.24, 2.45) is 0 Å². The molecule has 1 amide bonds. The molecule has 0 atom stereocenters. The molecule has 1 saturated heterocycles. The molecular weight excluding hydrogens is 292 g/mol. The Morgan fingerprint density at radius 2 is 2.09 bits per heavy atom. The summed E-state index contributed by atoms with van der Waals surface area (Å²) in [6.07, 6.45) is 3.60. The molecule has 0 bridgehead atoms. The Kier molecular flexibility index (Phi) is 4.57. The second-order valence-electron chi connectivity index (χ2n) is 6.42. The van der Waals surface area contributed by atoms with Gasteiger partial charge in [-0.3, -0.25) is 4.79 Å². The van der Waals surface area contributed by atoms with Crippen LogP contribution in [0.1, 0.15) is 40.5 Å². The summed E-state index contributed by atoms with van der Waals surface area (Å²) in [7, 11) is 2.12. The fourth-order valence-corrected chi connectivity index (χ4v) is 3.23. The lowest BCUT2D eigenvalue weighted by Gasteiger charge is -2.36. The molecule has 5 nitrogen and oxygen atoms in total. The predicted octanol–water partition coefficient (Wildman–Crippen LogP) is 3.23. The van der Waals surface area contributed by atoms with Gasteiger partial charge in [-0.05, 0) is 65.0 Å². The highest BCUT2D eigenvalue weighted by atomic mass is 16.4. The van der Waals surface area contributed by atoms with Crippen molar-refractivity contribution in [2.75, 3.05) is 20.1 Å². The Morgan fingerprint density at radius 1 is 1.35 bits per heavy atom. The fourth-order valence-electron chi connectivity index (χ4n) is 3.23. The summed E-state index contributed by atoms with van der Waals surface area (Å²) < 4.78 is 11.1. The van der Waals surface area contributed by atoms with Gasteiger partial charge < -0.3 is 18.6 Å². The van der Waals surface area contributed by atoms with Gasteiger partial charge in [0.25, 0.3) is 5.91 Å². The van der Waals surface area contributed by atoms with Gasteiger partial charge in [0.1, 0.15) is 11.5 Å². The molecule has 0 saturated carbocycles. The molecule has 2 aromatic rings. The molecule has 0 unspecified atom stereocenters. The average molecular weight is 316 g/mol. The zero-order valence-corrected chi connectivity index (χ0v) is 14.0. The molecule has 0 N–H and O–H groups in total. The molecule has 1 aliphatic heterocycles. The van der Waals surface area contributed by atoms with Crippen LogP contribution in [0.4, 0.5) is 0 Å². The summed E-state index contributed by atoms with van der Waals surface area (Å²) >= 11 is 0. The Bertz CT molecular complexity index is 652. The molecule has 124 valence electrons. The van der Waals surface area contributed by atoms with Crippen LogP contribution in [0.15, 0.2) is 33.3 Å². The van der Waals surface area contributed by atoms with E-state index in [2.05, 4.69) is 11.9 Å². The van der Waals surface area contributed by atoms with Gasteiger partial charge in [-0.2, -0.15) is 0 Å². The summed E-state index contributed by atoms with van der Waals surface area (Å²) in [5, 5.41) is 0. The van der Waals surface area contributed by atoms with Crippen LogP contribution in [0.3, 0.4) is 0 Å². The molecule has 23 heavy (non-hydrogen) atoms. The highest BCUT2D eigenvalue weighted by Crippen LogP contribution is 2.24. The summed E-state index contributed by atoms with van der Waals surface area (Å²) in [5.74, 6) is 1.99. The lowest BCUT2D eigenvalue weighted by Crippen LogP contribution is -2.46. The Hall–Kier alpha value is -2.01. The van der Waals surface area contributed by atoms with E-state index in [4.69, 9.17) is 8.83 Å². The molecule has 1 fully saturated rings. The highest BCUT2D eigenvalue weighted by molar-refractivity contribution is 5.93. The summed E-state index contributed by atoms with van der Waals surface area (Å²) in [6, 6.07) is 5.89. The molecule has 0 spiro atoms. The molecule has 0 aromatic carbocycles. The van der Waals surface area contributed by atoms with Gasteiger partial charge in [-0.25, -0.2) is 0 Å². The van der Waals surface area contributed by atoms with Gasteiger partial charge in [-0.15, -0.1) is 0 Å². The third-order valence-corrected chi connectivity index (χ3v) is 4.53. The first kappa shape index (κ1) is 15.9. The number of amides is 1. The van der Waals surface area contributed by atoms with Crippen molar-refractivity contribution in [3.8, 4) is 0 Å². The molecule has 3 rings (SSSR count). The van der Waals surface area contributed by atoms with Gasteiger partial charge in [0.15, 0.2) is 5.76 Å². The number of furan rings is 2. The third kappa shape index (κ3) is 3.50. The SMILES string of the molecule is Cc1cc(C)c(C(=O)N(Cc2ccco2)C2CCN(C)CC2)o1. The molecule has 2 aromatic heterocycles. The lowest BCUT2D eigenvalue weighted by molar-refractivity contribution is 0.0517. The quantitative estimate of drug-likeness (QED) is 0.869.